The molecule has 1 fully saturated rings. The van der Waals surface area contributed by atoms with Crippen LogP contribution in [0, 0.1) is 5.82 Å². The van der Waals surface area contributed by atoms with E-state index >= 15 is 0 Å². The summed E-state index contributed by atoms with van der Waals surface area (Å²) in [6, 6.07) is 12.5. The van der Waals surface area contributed by atoms with Gasteiger partial charge in [0, 0.05) is 26.2 Å². The average Bonchev–Trinajstić information content (AvgIpc) is 2.75. The SMILES string of the molecule is CCC(C)c1ccc(S(=O)(=O)N2CCN(C(=O)Nc3ccccc3F)CC2)cc1. The fourth-order valence-electron chi connectivity index (χ4n) is 3.24. The number of hydrogen-bond donors (Lipinski definition) is 1. The van der Waals surface area contributed by atoms with Crippen LogP contribution in [0.5, 0.6) is 0 Å². The molecule has 0 aromatic heterocycles. The van der Waals surface area contributed by atoms with E-state index in [1.165, 1.54) is 21.3 Å². The molecule has 1 N–H and O–H groups in total. The van der Waals surface area contributed by atoms with E-state index in [4.69, 9.17) is 0 Å². The highest BCUT2D eigenvalue weighted by Crippen LogP contribution is 2.23. The van der Waals surface area contributed by atoms with Gasteiger partial charge in [-0.25, -0.2) is 17.6 Å². The molecule has 2 aromatic rings. The Morgan fingerprint density at radius 1 is 1.07 bits per heavy atom. The van der Waals surface area contributed by atoms with Gasteiger partial charge in [-0.15, -0.1) is 0 Å². The van der Waals surface area contributed by atoms with Crippen LogP contribution >= 0.6 is 0 Å². The van der Waals surface area contributed by atoms with Crippen LogP contribution in [0.25, 0.3) is 0 Å². The number of hydrogen-bond acceptors (Lipinski definition) is 3. The largest absolute Gasteiger partial charge is 0.322 e. The third-order valence-electron chi connectivity index (χ3n) is 5.34. The molecule has 29 heavy (non-hydrogen) atoms. The number of nitrogens with zero attached hydrogens (tertiary/aromatic N) is 2. The second-order valence-corrected chi connectivity index (χ2v) is 9.12. The molecule has 1 atom stereocenters. The van der Waals surface area contributed by atoms with Crippen LogP contribution in [0.15, 0.2) is 53.4 Å². The molecule has 0 radical (unpaired) electrons. The van der Waals surface area contributed by atoms with Crippen molar-refractivity contribution in [3.63, 3.8) is 0 Å². The van der Waals surface area contributed by atoms with E-state index in [9.17, 15) is 17.6 Å². The summed E-state index contributed by atoms with van der Waals surface area (Å²) in [4.78, 5) is 14.1. The summed E-state index contributed by atoms with van der Waals surface area (Å²) >= 11 is 0. The van der Waals surface area contributed by atoms with E-state index in [-0.39, 0.29) is 36.8 Å². The Labute approximate surface area is 171 Å². The molecule has 3 rings (SSSR count). The molecule has 0 aliphatic carbocycles. The lowest BCUT2D eigenvalue weighted by atomic mass is 9.99. The van der Waals surface area contributed by atoms with Crippen LogP contribution in [0.1, 0.15) is 31.7 Å². The average molecular weight is 420 g/mol. The monoisotopic (exact) mass is 419 g/mol. The Morgan fingerprint density at radius 2 is 1.69 bits per heavy atom. The van der Waals surface area contributed by atoms with Gasteiger partial charge in [-0.2, -0.15) is 4.31 Å². The Morgan fingerprint density at radius 3 is 2.28 bits per heavy atom. The number of anilines is 1. The lowest BCUT2D eigenvalue weighted by Crippen LogP contribution is -2.51. The van der Waals surface area contributed by atoms with Crippen molar-refractivity contribution < 1.29 is 17.6 Å². The quantitative estimate of drug-likeness (QED) is 0.800. The molecule has 1 saturated heterocycles. The highest BCUT2D eigenvalue weighted by Gasteiger charge is 2.30. The minimum atomic E-state index is -3.61. The summed E-state index contributed by atoms with van der Waals surface area (Å²) in [5.74, 6) is -0.133. The first-order valence-electron chi connectivity index (χ1n) is 9.73. The number of rotatable bonds is 5. The smallest absolute Gasteiger partial charge is 0.322 e. The standard InChI is InChI=1S/C21H26FN3O3S/c1-3-16(2)17-8-10-18(11-9-17)29(27,28)25-14-12-24(13-15-25)21(26)23-20-7-5-4-6-19(20)22/h4-11,16H,3,12-15H2,1-2H3,(H,23,26). The topological polar surface area (TPSA) is 69.7 Å². The van der Waals surface area contributed by atoms with Gasteiger partial charge in [0.2, 0.25) is 10.0 Å². The Kier molecular flexibility index (Phi) is 6.54. The van der Waals surface area contributed by atoms with Gasteiger partial charge in [-0.1, -0.05) is 38.1 Å². The van der Waals surface area contributed by atoms with Crippen molar-refractivity contribution in [2.24, 2.45) is 0 Å². The molecule has 0 saturated carbocycles. The number of piperazine rings is 1. The summed E-state index contributed by atoms with van der Waals surface area (Å²) in [7, 11) is -3.61. The third kappa shape index (κ3) is 4.76. The number of sulfonamides is 1. The summed E-state index contributed by atoms with van der Waals surface area (Å²) < 4.78 is 40.9. The molecule has 8 heteroatoms. The van der Waals surface area contributed by atoms with Crippen molar-refractivity contribution in [1.29, 1.82) is 0 Å². The Bertz CT molecular complexity index is 955. The molecule has 156 valence electrons. The van der Waals surface area contributed by atoms with Gasteiger partial charge in [0.15, 0.2) is 0 Å². The van der Waals surface area contributed by atoms with Crippen LogP contribution < -0.4 is 5.32 Å². The number of urea groups is 1. The molecular weight excluding hydrogens is 393 g/mol. The van der Waals surface area contributed by atoms with E-state index in [1.807, 2.05) is 12.1 Å². The summed E-state index contributed by atoms with van der Waals surface area (Å²) in [6.45, 7) is 5.07. The lowest BCUT2D eigenvalue weighted by molar-refractivity contribution is 0.184. The maximum absolute atomic E-state index is 13.7. The number of amides is 2. The first-order chi connectivity index (χ1) is 13.8. The van der Waals surface area contributed by atoms with E-state index in [1.54, 1.807) is 24.3 Å². The van der Waals surface area contributed by atoms with Crippen LogP contribution in [0.3, 0.4) is 0 Å². The van der Waals surface area contributed by atoms with Gasteiger partial charge in [-0.3, -0.25) is 0 Å². The number of carbonyl (C=O) groups is 1. The lowest BCUT2D eigenvalue weighted by Gasteiger charge is -2.34. The maximum Gasteiger partial charge on any atom is 0.322 e. The fraction of sp³-hybridized carbons (Fsp3) is 0.381. The van der Waals surface area contributed by atoms with Gasteiger partial charge in [0.25, 0.3) is 0 Å². The molecule has 2 amide bonds. The summed E-state index contributed by atoms with van der Waals surface area (Å²) in [5, 5.41) is 2.53. The summed E-state index contributed by atoms with van der Waals surface area (Å²) in [5.41, 5.74) is 1.22. The second-order valence-electron chi connectivity index (χ2n) is 7.18. The third-order valence-corrected chi connectivity index (χ3v) is 7.25. The molecule has 1 aliphatic rings. The molecule has 1 aliphatic heterocycles. The highest BCUT2D eigenvalue weighted by molar-refractivity contribution is 7.89. The second kappa shape index (κ2) is 8.92. The van der Waals surface area contributed by atoms with Gasteiger partial charge in [0.1, 0.15) is 5.82 Å². The molecule has 0 spiro atoms. The van der Waals surface area contributed by atoms with Crippen molar-refractivity contribution >= 4 is 21.7 Å². The first-order valence-corrected chi connectivity index (χ1v) is 11.2. The molecular formula is C21H26FN3O3S. The van der Waals surface area contributed by atoms with Crippen LogP contribution in [-0.4, -0.2) is 49.8 Å². The molecule has 2 aromatic carbocycles. The van der Waals surface area contributed by atoms with Gasteiger partial charge in [0.05, 0.1) is 10.6 Å². The normalized spacial score (nSPS) is 16.4. The Hall–Kier alpha value is -2.45. The minimum Gasteiger partial charge on any atom is -0.322 e. The predicted molar refractivity (Wildman–Crippen MR) is 111 cm³/mol. The van der Waals surface area contributed by atoms with Crippen molar-refractivity contribution in [3.8, 4) is 0 Å². The number of nitrogens with one attached hydrogen (secondary N) is 1. The number of benzene rings is 2. The van der Waals surface area contributed by atoms with E-state index in [2.05, 4.69) is 19.2 Å². The summed E-state index contributed by atoms with van der Waals surface area (Å²) in [6.07, 6.45) is 0.989. The Balaban J connectivity index is 1.62. The van der Waals surface area contributed by atoms with Crippen LogP contribution in [-0.2, 0) is 10.0 Å². The molecule has 1 heterocycles. The van der Waals surface area contributed by atoms with Crippen molar-refractivity contribution in [3.05, 3.63) is 59.9 Å². The molecule has 6 nitrogen and oxygen atoms in total. The van der Waals surface area contributed by atoms with E-state index < -0.39 is 21.9 Å². The number of halogens is 1. The fourth-order valence-corrected chi connectivity index (χ4v) is 4.66. The van der Waals surface area contributed by atoms with Crippen LogP contribution in [0.4, 0.5) is 14.9 Å². The molecule has 1 unspecified atom stereocenters. The van der Waals surface area contributed by atoms with E-state index in [0.717, 1.165) is 12.0 Å². The van der Waals surface area contributed by atoms with Gasteiger partial charge < -0.3 is 10.2 Å². The van der Waals surface area contributed by atoms with Crippen molar-refractivity contribution in [2.75, 3.05) is 31.5 Å². The van der Waals surface area contributed by atoms with Crippen LogP contribution in [0.2, 0.25) is 0 Å². The first kappa shape index (κ1) is 21.3. The van der Waals surface area contributed by atoms with Crippen molar-refractivity contribution in [2.45, 2.75) is 31.1 Å². The van der Waals surface area contributed by atoms with E-state index in [0.29, 0.717) is 5.92 Å². The van der Waals surface area contributed by atoms with Gasteiger partial charge >= 0.3 is 6.03 Å². The number of carbonyl (C=O) groups excluding carboxylic acids is 1. The van der Waals surface area contributed by atoms with Crippen molar-refractivity contribution in [1.82, 2.24) is 9.21 Å². The zero-order chi connectivity index (χ0) is 21.0. The van der Waals surface area contributed by atoms with Gasteiger partial charge in [-0.05, 0) is 42.2 Å². The zero-order valence-electron chi connectivity index (χ0n) is 16.6. The molecule has 0 bridgehead atoms. The minimum absolute atomic E-state index is 0.106. The predicted octanol–water partition coefficient (Wildman–Crippen LogP) is 3.88. The zero-order valence-corrected chi connectivity index (χ0v) is 17.5. The maximum atomic E-state index is 13.7. The number of para-hydroxylation sites is 1. The highest BCUT2D eigenvalue weighted by atomic mass is 32.2.